The summed E-state index contributed by atoms with van der Waals surface area (Å²) in [6, 6.07) is 5.85. The van der Waals surface area contributed by atoms with Crippen LogP contribution in [-0.4, -0.2) is 47.0 Å². The molecule has 2 aliphatic rings. The van der Waals surface area contributed by atoms with Crippen LogP contribution in [0.25, 0.3) is 0 Å². The number of carbonyl (C=O) groups excluding carboxylic acids is 1. The number of hydrogen-bond donors (Lipinski definition) is 1. The Morgan fingerprint density at radius 1 is 1.00 bits per heavy atom. The molecule has 1 N–H and O–H groups in total. The second-order valence-corrected chi connectivity index (χ2v) is 8.24. The molecule has 2 aromatic rings. The lowest BCUT2D eigenvalue weighted by Crippen LogP contribution is -2.35. The van der Waals surface area contributed by atoms with Gasteiger partial charge in [0.15, 0.2) is 0 Å². The fourth-order valence-electron chi connectivity index (χ4n) is 4.02. The highest BCUT2D eigenvalue weighted by atomic mass is 35.5. The number of carbonyl (C=O) groups is 1. The van der Waals surface area contributed by atoms with E-state index in [-0.39, 0.29) is 5.91 Å². The zero-order valence-corrected chi connectivity index (χ0v) is 17.5. The molecular weight excluding hydrogens is 386 g/mol. The van der Waals surface area contributed by atoms with E-state index in [9.17, 15) is 4.79 Å². The molecule has 0 unspecified atom stereocenters. The third kappa shape index (κ3) is 4.99. The van der Waals surface area contributed by atoms with Gasteiger partial charge in [0.1, 0.15) is 11.6 Å². The second-order valence-electron chi connectivity index (χ2n) is 7.83. The van der Waals surface area contributed by atoms with Gasteiger partial charge in [-0.1, -0.05) is 11.6 Å². The Balaban J connectivity index is 1.39. The predicted molar refractivity (Wildman–Crippen MR) is 117 cm³/mol. The first-order chi connectivity index (χ1) is 14.2. The van der Waals surface area contributed by atoms with Crippen molar-refractivity contribution in [3.8, 4) is 0 Å². The minimum Gasteiger partial charge on any atom is -0.365 e. The number of aromatic nitrogens is 2. The minimum atomic E-state index is 0.0194. The summed E-state index contributed by atoms with van der Waals surface area (Å²) in [6.07, 6.45) is 10.6. The maximum absolute atomic E-state index is 12.6. The Kier molecular flexibility index (Phi) is 6.49. The molecule has 7 heteroatoms. The van der Waals surface area contributed by atoms with E-state index in [0.717, 1.165) is 50.4 Å². The van der Waals surface area contributed by atoms with E-state index in [1.807, 2.05) is 17.2 Å². The Morgan fingerprint density at radius 2 is 1.72 bits per heavy atom. The average Bonchev–Trinajstić information content (AvgIpc) is 2.79. The molecule has 6 nitrogen and oxygen atoms in total. The number of anilines is 2. The van der Waals surface area contributed by atoms with Crippen LogP contribution >= 0.6 is 11.6 Å². The van der Waals surface area contributed by atoms with E-state index in [4.69, 9.17) is 11.6 Å². The molecule has 1 amide bonds. The highest BCUT2D eigenvalue weighted by Gasteiger charge is 2.19. The zero-order chi connectivity index (χ0) is 20.1. The monoisotopic (exact) mass is 413 g/mol. The molecule has 0 saturated carbocycles. The van der Waals surface area contributed by atoms with E-state index in [0.29, 0.717) is 22.9 Å². The lowest BCUT2D eigenvalue weighted by atomic mass is 10.1. The summed E-state index contributed by atoms with van der Waals surface area (Å²) in [4.78, 5) is 25.8. The Hall–Kier alpha value is -2.34. The molecule has 29 heavy (non-hydrogen) atoms. The van der Waals surface area contributed by atoms with Crippen LogP contribution in [0.1, 0.15) is 54.4 Å². The number of piperidine rings is 2. The first-order valence-electron chi connectivity index (χ1n) is 10.6. The van der Waals surface area contributed by atoms with E-state index in [1.54, 1.807) is 12.3 Å². The number of likely N-dealkylation sites (tertiary alicyclic amines) is 1. The molecule has 0 spiro atoms. The standard InChI is InChI=1S/C22H28ClN5O/c23-19-14-18(22(29)28-11-5-2-6-12-28)16-26-21(19)25-15-17-7-8-24-20(13-17)27-9-3-1-4-10-27/h7-8,13-14,16H,1-6,9-12,15H2,(H,25,26). The maximum Gasteiger partial charge on any atom is 0.255 e. The van der Waals surface area contributed by atoms with Gasteiger partial charge in [-0.25, -0.2) is 9.97 Å². The first kappa shape index (κ1) is 20.0. The third-order valence-electron chi connectivity index (χ3n) is 5.68. The minimum absolute atomic E-state index is 0.0194. The van der Waals surface area contributed by atoms with Crippen molar-refractivity contribution in [2.24, 2.45) is 0 Å². The van der Waals surface area contributed by atoms with Crippen LogP contribution < -0.4 is 10.2 Å². The molecule has 0 bridgehead atoms. The van der Waals surface area contributed by atoms with E-state index < -0.39 is 0 Å². The predicted octanol–water partition coefficient (Wildman–Crippen LogP) is 4.36. The van der Waals surface area contributed by atoms with E-state index in [2.05, 4.69) is 26.3 Å². The Morgan fingerprint density at radius 3 is 2.45 bits per heavy atom. The lowest BCUT2D eigenvalue weighted by molar-refractivity contribution is 0.0724. The van der Waals surface area contributed by atoms with Crippen LogP contribution in [0, 0.1) is 0 Å². The lowest BCUT2D eigenvalue weighted by Gasteiger charge is -2.28. The number of halogens is 1. The Bertz CT molecular complexity index is 847. The van der Waals surface area contributed by atoms with Crippen molar-refractivity contribution >= 4 is 29.1 Å². The van der Waals surface area contributed by atoms with Gasteiger partial charge in [0, 0.05) is 45.1 Å². The van der Waals surface area contributed by atoms with Crippen molar-refractivity contribution < 1.29 is 4.79 Å². The van der Waals surface area contributed by atoms with Crippen LogP contribution in [0.5, 0.6) is 0 Å². The molecule has 4 heterocycles. The zero-order valence-electron chi connectivity index (χ0n) is 16.7. The van der Waals surface area contributed by atoms with E-state index >= 15 is 0 Å². The quantitative estimate of drug-likeness (QED) is 0.789. The van der Waals surface area contributed by atoms with Gasteiger partial charge in [0.05, 0.1) is 10.6 Å². The first-order valence-corrected chi connectivity index (χ1v) is 11.0. The average molecular weight is 414 g/mol. The number of rotatable bonds is 5. The maximum atomic E-state index is 12.6. The summed E-state index contributed by atoms with van der Waals surface area (Å²) >= 11 is 6.42. The van der Waals surface area contributed by atoms with E-state index in [1.165, 1.54) is 25.7 Å². The molecule has 0 aromatic carbocycles. The molecule has 2 aromatic heterocycles. The number of hydrogen-bond acceptors (Lipinski definition) is 5. The van der Waals surface area contributed by atoms with Crippen LogP contribution in [0.2, 0.25) is 5.02 Å². The number of nitrogens with one attached hydrogen (secondary N) is 1. The smallest absolute Gasteiger partial charge is 0.255 e. The van der Waals surface area contributed by atoms with Crippen molar-refractivity contribution in [3.63, 3.8) is 0 Å². The molecule has 2 aliphatic heterocycles. The summed E-state index contributed by atoms with van der Waals surface area (Å²) < 4.78 is 0. The molecule has 4 rings (SSSR count). The number of nitrogens with zero attached hydrogens (tertiary/aromatic N) is 4. The van der Waals surface area contributed by atoms with Gasteiger partial charge < -0.3 is 15.1 Å². The van der Waals surface area contributed by atoms with Crippen molar-refractivity contribution in [1.82, 2.24) is 14.9 Å². The van der Waals surface area contributed by atoms with Gasteiger partial charge in [-0.05, 0) is 62.3 Å². The van der Waals surface area contributed by atoms with Gasteiger partial charge >= 0.3 is 0 Å². The van der Waals surface area contributed by atoms with Crippen LogP contribution in [0.15, 0.2) is 30.6 Å². The Labute approximate surface area is 177 Å². The summed E-state index contributed by atoms with van der Waals surface area (Å²) in [5, 5.41) is 3.76. The molecule has 0 aliphatic carbocycles. The van der Waals surface area contributed by atoms with Crippen molar-refractivity contribution in [2.45, 2.75) is 45.1 Å². The number of pyridine rings is 2. The number of amides is 1. The van der Waals surface area contributed by atoms with Gasteiger partial charge in [-0.2, -0.15) is 0 Å². The summed E-state index contributed by atoms with van der Waals surface area (Å²) in [5.74, 6) is 1.65. The summed E-state index contributed by atoms with van der Waals surface area (Å²) in [5.41, 5.74) is 1.69. The molecule has 0 atom stereocenters. The van der Waals surface area contributed by atoms with Gasteiger partial charge in [0.2, 0.25) is 0 Å². The molecule has 2 fully saturated rings. The normalized spacial score (nSPS) is 17.3. The van der Waals surface area contributed by atoms with Crippen molar-refractivity contribution in [2.75, 3.05) is 36.4 Å². The second kappa shape index (κ2) is 9.44. The van der Waals surface area contributed by atoms with Crippen molar-refractivity contribution in [3.05, 3.63) is 46.7 Å². The van der Waals surface area contributed by atoms with Crippen LogP contribution in [0.4, 0.5) is 11.6 Å². The van der Waals surface area contributed by atoms with Crippen molar-refractivity contribution in [1.29, 1.82) is 0 Å². The summed E-state index contributed by atoms with van der Waals surface area (Å²) in [7, 11) is 0. The van der Waals surface area contributed by atoms with Gasteiger partial charge in [-0.3, -0.25) is 4.79 Å². The third-order valence-corrected chi connectivity index (χ3v) is 5.97. The molecular formula is C22H28ClN5O. The SMILES string of the molecule is O=C(c1cnc(NCc2ccnc(N3CCCCC3)c2)c(Cl)c1)N1CCCCC1. The highest BCUT2D eigenvalue weighted by molar-refractivity contribution is 6.33. The highest BCUT2D eigenvalue weighted by Crippen LogP contribution is 2.23. The summed E-state index contributed by atoms with van der Waals surface area (Å²) in [6.45, 7) is 4.39. The van der Waals surface area contributed by atoms with Crippen LogP contribution in [0.3, 0.4) is 0 Å². The topological polar surface area (TPSA) is 61.4 Å². The fourth-order valence-corrected chi connectivity index (χ4v) is 4.25. The molecule has 154 valence electrons. The molecule has 0 radical (unpaired) electrons. The van der Waals surface area contributed by atoms with Gasteiger partial charge in [0.25, 0.3) is 5.91 Å². The molecule has 2 saturated heterocycles. The largest absolute Gasteiger partial charge is 0.365 e. The van der Waals surface area contributed by atoms with Gasteiger partial charge in [-0.15, -0.1) is 0 Å². The fraction of sp³-hybridized carbons (Fsp3) is 0.500. The van der Waals surface area contributed by atoms with Crippen LogP contribution in [-0.2, 0) is 6.54 Å².